The largest absolute Gasteiger partial charge is 0.490 e. The molecule has 0 amide bonds. The fraction of sp³-hybridized carbons (Fsp3) is 0.391. The molecule has 0 bridgehead atoms. The van der Waals surface area contributed by atoms with Crippen molar-refractivity contribution in [1.82, 2.24) is 13.9 Å². The quantitative estimate of drug-likeness (QED) is 0.534. The van der Waals surface area contributed by atoms with Gasteiger partial charge in [0, 0.05) is 19.2 Å². The maximum atomic E-state index is 13.1. The highest BCUT2D eigenvalue weighted by atomic mass is 32.2. The summed E-state index contributed by atoms with van der Waals surface area (Å²) < 4.78 is 16.1. The molecule has 0 aliphatic carbocycles. The lowest BCUT2D eigenvalue weighted by molar-refractivity contribution is 0.133. The molecular formula is C23H27N3O3S. The van der Waals surface area contributed by atoms with Gasteiger partial charge in [-0.15, -0.1) is 0 Å². The number of hydrogen-bond acceptors (Lipinski definition) is 6. The highest BCUT2D eigenvalue weighted by molar-refractivity contribution is 7.96. The van der Waals surface area contributed by atoms with Gasteiger partial charge in [-0.1, -0.05) is 42.3 Å². The second-order valence-corrected chi connectivity index (χ2v) is 8.22. The molecule has 0 saturated carbocycles. The van der Waals surface area contributed by atoms with Crippen LogP contribution in [0.5, 0.6) is 11.5 Å². The molecule has 2 heterocycles. The molecule has 1 aliphatic heterocycles. The van der Waals surface area contributed by atoms with Gasteiger partial charge in [-0.05, 0) is 37.7 Å². The Morgan fingerprint density at radius 1 is 1.13 bits per heavy atom. The highest BCUT2D eigenvalue weighted by Crippen LogP contribution is 2.33. The van der Waals surface area contributed by atoms with Crippen molar-refractivity contribution in [3.63, 3.8) is 0 Å². The molecule has 6 nitrogen and oxygen atoms in total. The van der Waals surface area contributed by atoms with Gasteiger partial charge in [0.25, 0.3) is 5.56 Å². The van der Waals surface area contributed by atoms with Crippen molar-refractivity contribution in [2.75, 3.05) is 26.0 Å². The van der Waals surface area contributed by atoms with E-state index in [0.29, 0.717) is 35.6 Å². The maximum Gasteiger partial charge on any atom is 0.261 e. The first kappa shape index (κ1) is 20.8. The minimum absolute atomic E-state index is 0.0750. The second kappa shape index (κ2) is 9.53. The minimum atomic E-state index is -0.0750. The summed E-state index contributed by atoms with van der Waals surface area (Å²) in [6.45, 7) is 4.94. The van der Waals surface area contributed by atoms with E-state index < -0.39 is 0 Å². The predicted molar refractivity (Wildman–Crippen MR) is 121 cm³/mol. The molecule has 0 atom stereocenters. The number of piperidine rings is 1. The number of rotatable bonds is 7. The molecular weight excluding hydrogens is 398 g/mol. The third-order valence-electron chi connectivity index (χ3n) is 5.34. The van der Waals surface area contributed by atoms with Crippen molar-refractivity contribution in [3.05, 3.63) is 64.7 Å². The molecule has 1 aliphatic rings. The molecule has 0 unspecified atom stereocenters. The molecule has 30 heavy (non-hydrogen) atoms. The van der Waals surface area contributed by atoms with Gasteiger partial charge in [0.2, 0.25) is 0 Å². The molecule has 7 heteroatoms. The topological polar surface area (TPSA) is 56.6 Å². The molecule has 0 radical (unpaired) electrons. The lowest BCUT2D eigenvalue weighted by Gasteiger charge is -2.30. The third-order valence-corrected chi connectivity index (χ3v) is 6.22. The van der Waals surface area contributed by atoms with Crippen LogP contribution in [-0.4, -0.2) is 45.9 Å². The standard InChI is InChI=1S/C23H27N3O3S/c1-3-28-21-14-20-19(13-22(21)29-18-9-11-26(30-2)12-10-18)23(27)25(16-24-20)15-17-7-5-4-6-8-17/h4-8,13-14,16,18H,3,9-12,15H2,1-2H3. The lowest BCUT2D eigenvalue weighted by atomic mass is 10.1. The van der Waals surface area contributed by atoms with Crippen LogP contribution in [0.1, 0.15) is 25.3 Å². The normalized spacial score (nSPS) is 15.4. The average molecular weight is 426 g/mol. The number of ether oxygens (including phenoxy) is 2. The molecule has 4 rings (SSSR count). The number of fused-ring (bicyclic) bond motifs is 1. The van der Waals surface area contributed by atoms with Gasteiger partial charge in [-0.3, -0.25) is 13.7 Å². The van der Waals surface area contributed by atoms with E-state index in [-0.39, 0.29) is 11.7 Å². The summed E-state index contributed by atoms with van der Waals surface area (Å²) in [4.78, 5) is 17.7. The molecule has 0 spiro atoms. The first-order valence-corrected chi connectivity index (χ1v) is 11.5. The Labute approximate surface area is 181 Å². The van der Waals surface area contributed by atoms with E-state index in [2.05, 4.69) is 15.5 Å². The Morgan fingerprint density at radius 3 is 2.60 bits per heavy atom. The van der Waals surface area contributed by atoms with E-state index in [1.54, 1.807) is 28.9 Å². The van der Waals surface area contributed by atoms with Crippen LogP contribution < -0.4 is 15.0 Å². The summed E-state index contributed by atoms with van der Waals surface area (Å²) in [5.74, 6) is 1.27. The van der Waals surface area contributed by atoms with Crippen LogP contribution in [0, 0.1) is 0 Å². The van der Waals surface area contributed by atoms with E-state index in [1.807, 2.05) is 43.3 Å². The van der Waals surface area contributed by atoms with Crippen LogP contribution in [0.25, 0.3) is 10.9 Å². The number of nitrogens with zero attached hydrogens (tertiary/aromatic N) is 3. The predicted octanol–water partition coefficient (Wildman–Crippen LogP) is 3.96. The number of benzene rings is 2. The molecule has 1 saturated heterocycles. The summed E-state index contributed by atoms with van der Waals surface area (Å²) in [5, 5.41) is 0.549. The van der Waals surface area contributed by atoms with E-state index >= 15 is 0 Å². The van der Waals surface area contributed by atoms with Gasteiger partial charge in [-0.2, -0.15) is 0 Å². The van der Waals surface area contributed by atoms with Gasteiger partial charge in [0.15, 0.2) is 11.5 Å². The van der Waals surface area contributed by atoms with Crippen molar-refractivity contribution in [1.29, 1.82) is 0 Å². The van der Waals surface area contributed by atoms with Crippen LogP contribution in [0.3, 0.4) is 0 Å². The first-order valence-electron chi connectivity index (χ1n) is 10.3. The maximum absolute atomic E-state index is 13.1. The zero-order valence-corrected chi connectivity index (χ0v) is 18.2. The summed E-state index contributed by atoms with van der Waals surface area (Å²) in [7, 11) is 0. The minimum Gasteiger partial charge on any atom is -0.490 e. The Morgan fingerprint density at radius 2 is 1.90 bits per heavy atom. The second-order valence-electron chi connectivity index (χ2n) is 7.34. The van der Waals surface area contributed by atoms with E-state index in [0.717, 1.165) is 31.5 Å². The molecule has 158 valence electrons. The molecule has 2 aromatic carbocycles. The van der Waals surface area contributed by atoms with Gasteiger partial charge < -0.3 is 9.47 Å². The fourth-order valence-electron chi connectivity index (χ4n) is 3.73. The Kier molecular flexibility index (Phi) is 6.59. The van der Waals surface area contributed by atoms with Crippen molar-refractivity contribution in [3.8, 4) is 11.5 Å². The average Bonchev–Trinajstić information content (AvgIpc) is 2.78. The molecule has 1 aromatic heterocycles. The third kappa shape index (κ3) is 4.63. The zero-order chi connectivity index (χ0) is 20.9. The number of aromatic nitrogens is 2. The van der Waals surface area contributed by atoms with Crippen LogP contribution in [-0.2, 0) is 6.54 Å². The monoisotopic (exact) mass is 425 g/mol. The fourth-order valence-corrected chi connectivity index (χ4v) is 4.31. The van der Waals surface area contributed by atoms with Crippen molar-refractivity contribution in [2.45, 2.75) is 32.4 Å². The van der Waals surface area contributed by atoms with E-state index in [1.165, 1.54) is 0 Å². The van der Waals surface area contributed by atoms with Gasteiger partial charge in [-0.25, -0.2) is 4.98 Å². The van der Waals surface area contributed by atoms with Crippen molar-refractivity contribution in [2.24, 2.45) is 0 Å². The van der Waals surface area contributed by atoms with Crippen LogP contribution >= 0.6 is 11.9 Å². The van der Waals surface area contributed by atoms with Crippen molar-refractivity contribution < 1.29 is 9.47 Å². The first-order chi connectivity index (χ1) is 14.7. The van der Waals surface area contributed by atoms with Gasteiger partial charge >= 0.3 is 0 Å². The van der Waals surface area contributed by atoms with Gasteiger partial charge in [0.05, 0.1) is 30.4 Å². The Bertz CT molecular complexity index is 1050. The lowest BCUT2D eigenvalue weighted by Crippen LogP contribution is -2.34. The summed E-state index contributed by atoms with van der Waals surface area (Å²) >= 11 is 1.77. The summed E-state index contributed by atoms with van der Waals surface area (Å²) in [6.07, 6.45) is 5.73. The SMILES string of the molecule is CCOc1cc2ncn(Cc3ccccc3)c(=O)c2cc1OC1CCN(SC)CC1. The van der Waals surface area contributed by atoms with Crippen LogP contribution in [0.15, 0.2) is 53.6 Å². The highest BCUT2D eigenvalue weighted by Gasteiger charge is 2.22. The summed E-state index contributed by atoms with van der Waals surface area (Å²) in [5.41, 5.74) is 1.61. The van der Waals surface area contributed by atoms with Gasteiger partial charge in [0.1, 0.15) is 6.10 Å². The van der Waals surface area contributed by atoms with E-state index in [9.17, 15) is 4.79 Å². The zero-order valence-electron chi connectivity index (χ0n) is 17.4. The smallest absolute Gasteiger partial charge is 0.261 e. The molecule has 0 N–H and O–H groups in total. The van der Waals surface area contributed by atoms with Crippen molar-refractivity contribution >= 4 is 22.9 Å². The molecule has 3 aromatic rings. The van der Waals surface area contributed by atoms with E-state index in [4.69, 9.17) is 9.47 Å². The Balaban J connectivity index is 1.65. The molecule has 1 fully saturated rings. The summed E-state index contributed by atoms with van der Waals surface area (Å²) in [6, 6.07) is 13.5. The van der Waals surface area contributed by atoms with Crippen LogP contribution in [0.2, 0.25) is 0 Å². The van der Waals surface area contributed by atoms with Crippen LogP contribution in [0.4, 0.5) is 0 Å². The number of hydrogen-bond donors (Lipinski definition) is 0. The Hall–Kier alpha value is -2.51.